The minimum Gasteiger partial charge on any atom is -0.345 e. The molecule has 130 valence electrons. The zero-order valence-electron chi connectivity index (χ0n) is 13.9. The lowest BCUT2D eigenvalue weighted by molar-refractivity contribution is -0.117. The predicted octanol–water partition coefficient (Wildman–Crippen LogP) is 3.96. The molecule has 2 N–H and O–H groups in total. The fraction of sp³-hybridized carbons (Fsp3) is 0.368. The Morgan fingerprint density at radius 3 is 2.76 bits per heavy atom. The van der Waals surface area contributed by atoms with E-state index in [0.717, 1.165) is 42.4 Å². The molecule has 1 aromatic carbocycles. The van der Waals surface area contributed by atoms with E-state index in [9.17, 15) is 14.0 Å². The molecule has 2 aliphatic rings. The molecule has 1 heterocycles. The Hall–Kier alpha value is -2.21. The van der Waals surface area contributed by atoms with Crippen LogP contribution in [0.5, 0.6) is 0 Å². The maximum atomic E-state index is 13.3. The van der Waals surface area contributed by atoms with Crippen LogP contribution in [0, 0.1) is 18.7 Å². The minimum absolute atomic E-state index is 0.0416. The van der Waals surface area contributed by atoms with E-state index in [1.807, 2.05) is 13.0 Å². The van der Waals surface area contributed by atoms with E-state index < -0.39 is 0 Å². The van der Waals surface area contributed by atoms with E-state index in [2.05, 4.69) is 10.6 Å². The van der Waals surface area contributed by atoms with Crippen LogP contribution in [0.2, 0.25) is 0 Å². The second-order valence-corrected chi connectivity index (χ2v) is 7.85. The van der Waals surface area contributed by atoms with Crippen molar-refractivity contribution in [1.82, 2.24) is 5.32 Å². The molecule has 0 aliphatic heterocycles. The van der Waals surface area contributed by atoms with Gasteiger partial charge in [0.25, 0.3) is 5.91 Å². The molecule has 4 nitrogen and oxygen atoms in total. The lowest BCUT2D eigenvalue weighted by Crippen LogP contribution is -2.26. The summed E-state index contributed by atoms with van der Waals surface area (Å²) in [6.45, 7) is 1.87. The molecule has 6 heteroatoms. The van der Waals surface area contributed by atoms with Gasteiger partial charge >= 0.3 is 0 Å². The van der Waals surface area contributed by atoms with Crippen molar-refractivity contribution in [3.63, 3.8) is 0 Å². The summed E-state index contributed by atoms with van der Waals surface area (Å²) in [7, 11) is 0. The number of amides is 2. The Morgan fingerprint density at radius 1 is 1.20 bits per heavy atom. The molecule has 2 aliphatic carbocycles. The smallest absolute Gasteiger partial charge is 0.262 e. The number of nitrogens with one attached hydrogen (secondary N) is 2. The normalized spacial score (nSPS) is 18.7. The van der Waals surface area contributed by atoms with Crippen molar-refractivity contribution < 1.29 is 14.0 Å². The molecule has 0 saturated heterocycles. The summed E-state index contributed by atoms with van der Waals surface area (Å²) in [5.41, 5.74) is 2.81. The number of benzene rings is 1. The average Bonchev–Trinajstić information content (AvgIpc) is 3.27. The van der Waals surface area contributed by atoms with Gasteiger partial charge in [-0.15, -0.1) is 11.3 Å². The van der Waals surface area contributed by atoms with Crippen LogP contribution in [-0.2, 0) is 11.2 Å². The monoisotopic (exact) mass is 358 g/mol. The number of carbonyl (C=O) groups is 2. The first-order valence-corrected chi connectivity index (χ1v) is 9.33. The molecular weight excluding hydrogens is 339 g/mol. The van der Waals surface area contributed by atoms with E-state index in [-0.39, 0.29) is 29.6 Å². The number of hydrogen-bond acceptors (Lipinski definition) is 3. The summed E-state index contributed by atoms with van der Waals surface area (Å²) in [4.78, 5) is 25.1. The number of carbonyl (C=O) groups excluding carboxylic acids is 2. The standard InChI is InChI=1S/C19H19FN2O2S/c1-10-8-16(22-18(23)11-2-3-11)25-17(10)19(24)21-15-7-4-12-9-13(20)5-6-14(12)15/h5-6,8-9,11,15H,2-4,7H2,1H3,(H,21,24)(H,22,23). The van der Waals surface area contributed by atoms with E-state index in [1.54, 1.807) is 12.1 Å². The summed E-state index contributed by atoms with van der Waals surface area (Å²) < 4.78 is 13.3. The Morgan fingerprint density at radius 2 is 2.00 bits per heavy atom. The highest BCUT2D eigenvalue weighted by atomic mass is 32.1. The number of rotatable bonds is 4. The van der Waals surface area contributed by atoms with Crippen LogP contribution in [0.1, 0.15) is 51.7 Å². The lowest BCUT2D eigenvalue weighted by atomic mass is 10.1. The number of fused-ring (bicyclic) bond motifs is 1. The third-order valence-corrected chi connectivity index (χ3v) is 5.96. The van der Waals surface area contributed by atoms with Gasteiger partial charge in [0.1, 0.15) is 5.82 Å². The molecule has 1 fully saturated rings. The summed E-state index contributed by atoms with van der Waals surface area (Å²) in [6, 6.07) is 6.49. The molecule has 25 heavy (non-hydrogen) atoms. The van der Waals surface area contributed by atoms with Crippen molar-refractivity contribution in [2.75, 3.05) is 5.32 Å². The second-order valence-electron chi connectivity index (χ2n) is 6.79. The highest BCUT2D eigenvalue weighted by Gasteiger charge is 2.30. The lowest BCUT2D eigenvalue weighted by Gasteiger charge is -2.13. The summed E-state index contributed by atoms with van der Waals surface area (Å²) in [5, 5.41) is 6.66. The van der Waals surface area contributed by atoms with Gasteiger partial charge in [-0.05, 0) is 67.5 Å². The molecule has 4 rings (SSSR count). The first kappa shape index (κ1) is 16.3. The zero-order chi connectivity index (χ0) is 17.6. The number of hydrogen-bond donors (Lipinski definition) is 2. The van der Waals surface area contributed by atoms with Crippen molar-refractivity contribution in [1.29, 1.82) is 0 Å². The van der Waals surface area contributed by atoms with Gasteiger partial charge in [0.2, 0.25) is 5.91 Å². The average molecular weight is 358 g/mol. The first-order chi connectivity index (χ1) is 12.0. The van der Waals surface area contributed by atoms with Gasteiger partial charge in [-0.25, -0.2) is 4.39 Å². The molecule has 2 amide bonds. The third kappa shape index (κ3) is 3.31. The van der Waals surface area contributed by atoms with E-state index in [4.69, 9.17) is 0 Å². The quantitative estimate of drug-likeness (QED) is 0.869. The Balaban J connectivity index is 1.47. The number of halogens is 1. The Kier molecular flexibility index (Phi) is 4.07. The van der Waals surface area contributed by atoms with Crippen LogP contribution in [0.4, 0.5) is 9.39 Å². The van der Waals surface area contributed by atoms with Crippen LogP contribution in [0.15, 0.2) is 24.3 Å². The number of thiophene rings is 1. The van der Waals surface area contributed by atoms with Crippen LogP contribution < -0.4 is 10.6 Å². The molecule has 1 saturated carbocycles. The largest absolute Gasteiger partial charge is 0.345 e. The maximum Gasteiger partial charge on any atom is 0.262 e. The van der Waals surface area contributed by atoms with Gasteiger partial charge in [-0.1, -0.05) is 6.07 Å². The van der Waals surface area contributed by atoms with Crippen molar-refractivity contribution in [2.24, 2.45) is 5.92 Å². The number of anilines is 1. The fourth-order valence-electron chi connectivity index (χ4n) is 3.30. The van der Waals surface area contributed by atoms with E-state index >= 15 is 0 Å². The van der Waals surface area contributed by atoms with Crippen LogP contribution >= 0.6 is 11.3 Å². The van der Waals surface area contributed by atoms with E-state index in [1.165, 1.54) is 17.4 Å². The number of aryl methyl sites for hydroxylation is 2. The van der Waals surface area contributed by atoms with Gasteiger partial charge in [0.15, 0.2) is 0 Å². The van der Waals surface area contributed by atoms with Crippen molar-refractivity contribution in [3.8, 4) is 0 Å². The summed E-state index contributed by atoms with van der Waals surface area (Å²) in [6.07, 6.45) is 3.45. The van der Waals surface area contributed by atoms with Gasteiger partial charge in [0, 0.05) is 5.92 Å². The van der Waals surface area contributed by atoms with Crippen LogP contribution in [0.25, 0.3) is 0 Å². The van der Waals surface area contributed by atoms with Crippen LogP contribution in [-0.4, -0.2) is 11.8 Å². The van der Waals surface area contributed by atoms with Gasteiger partial charge < -0.3 is 10.6 Å². The summed E-state index contributed by atoms with van der Waals surface area (Å²) >= 11 is 1.30. The Labute approximate surface area is 149 Å². The fourth-order valence-corrected chi connectivity index (χ4v) is 4.28. The molecule has 1 atom stereocenters. The van der Waals surface area contributed by atoms with Crippen molar-refractivity contribution >= 4 is 28.2 Å². The van der Waals surface area contributed by atoms with Crippen molar-refractivity contribution in [2.45, 2.75) is 38.6 Å². The molecular formula is C19H19FN2O2S. The molecule has 0 radical (unpaired) electrons. The third-order valence-electron chi connectivity index (χ3n) is 4.81. The zero-order valence-corrected chi connectivity index (χ0v) is 14.7. The van der Waals surface area contributed by atoms with Crippen LogP contribution in [0.3, 0.4) is 0 Å². The first-order valence-electron chi connectivity index (χ1n) is 8.52. The molecule has 1 unspecified atom stereocenters. The topological polar surface area (TPSA) is 58.2 Å². The van der Waals surface area contributed by atoms with E-state index in [0.29, 0.717) is 9.88 Å². The Bertz CT molecular complexity index is 857. The van der Waals surface area contributed by atoms with Gasteiger partial charge in [0.05, 0.1) is 15.9 Å². The predicted molar refractivity (Wildman–Crippen MR) is 95.3 cm³/mol. The van der Waals surface area contributed by atoms with Gasteiger partial charge in [-0.3, -0.25) is 9.59 Å². The molecule has 0 bridgehead atoms. The maximum absolute atomic E-state index is 13.3. The van der Waals surface area contributed by atoms with Crippen molar-refractivity contribution in [3.05, 3.63) is 51.7 Å². The molecule has 1 aromatic heterocycles. The summed E-state index contributed by atoms with van der Waals surface area (Å²) in [5.74, 6) is -0.206. The molecule has 0 spiro atoms. The van der Waals surface area contributed by atoms with Gasteiger partial charge in [-0.2, -0.15) is 0 Å². The molecule has 2 aromatic rings. The SMILES string of the molecule is Cc1cc(NC(=O)C2CC2)sc1C(=O)NC1CCc2cc(F)ccc21. The minimum atomic E-state index is -0.240. The highest BCUT2D eigenvalue weighted by molar-refractivity contribution is 7.18. The second kappa shape index (κ2) is 6.26. The highest BCUT2D eigenvalue weighted by Crippen LogP contribution is 2.34.